The molecule has 0 aliphatic heterocycles. The van der Waals surface area contributed by atoms with Gasteiger partial charge in [0.15, 0.2) is 5.82 Å². The lowest BCUT2D eigenvalue weighted by molar-refractivity contribution is 0.590. The first-order chi connectivity index (χ1) is 8.43. The van der Waals surface area contributed by atoms with Gasteiger partial charge in [0.25, 0.3) is 0 Å². The van der Waals surface area contributed by atoms with Crippen molar-refractivity contribution in [1.82, 2.24) is 15.0 Å². The van der Waals surface area contributed by atoms with Crippen molar-refractivity contribution in [2.75, 3.05) is 5.73 Å². The summed E-state index contributed by atoms with van der Waals surface area (Å²) in [5, 5.41) is 8.02. The van der Waals surface area contributed by atoms with E-state index >= 15 is 0 Å². The fraction of sp³-hybridized carbons (Fsp3) is 0.429. The molecule has 4 heteroatoms. The second-order valence-corrected chi connectivity index (χ2v) is 5.48. The summed E-state index contributed by atoms with van der Waals surface area (Å²) >= 11 is 0. The van der Waals surface area contributed by atoms with Crippen molar-refractivity contribution in [2.24, 2.45) is 0 Å². The molecule has 0 saturated carbocycles. The van der Waals surface area contributed by atoms with Crippen LogP contribution in [0.15, 0.2) is 24.3 Å². The minimum atomic E-state index is 0.160. The van der Waals surface area contributed by atoms with Gasteiger partial charge in [-0.15, -0.1) is 5.10 Å². The van der Waals surface area contributed by atoms with Gasteiger partial charge >= 0.3 is 0 Å². The number of rotatable bonds is 2. The molecule has 2 rings (SSSR count). The monoisotopic (exact) mass is 244 g/mol. The Kier molecular flexibility index (Phi) is 3.11. The largest absolute Gasteiger partial charge is 0.381 e. The quantitative estimate of drug-likeness (QED) is 0.883. The van der Waals surface area contributed by atoms with E-state index < -0.39 is 0 Å². The predicted molar refractivity (Wildman–Crippen MR) is 73.8 cm³/mol. The van der Waals surface area contributed by atoms with E-state index in [-0.39, 0.29) is 5.41 Å². The van der Waals surface area contributed by atoms with Crippen molar-refractivity contribution >= 4 is 5.82 Å². The van der Waals surface area contributed by atoms with Gasteiger partial charge in [0.05, 0.1) is 11.4 Å². The van der Waals surface area contributed by atoms with Gasteiger partial charge in [-0.05, 0) is 29.5 Å². The highest BCUT2D eigenvalue weighted by molar-refractivity contribution is 5.42. The predicted octanol–water partition coefficient (Wildman–Crippen LogP) is 2.71. The van der Waals surface area contributed by atoms with Crippen LogP contribution in [0.2, 0.25) is 0 Å². The van der Waals surface area contributed by atoms with Crippen molar-refractivity contribution < 1.29 is 0 Å². The molecule has 0 radical (unpaired) electrons. The highest BCUT2D eigenvalue weighted by atomic mass is 15.4. The third-order valence-corrected chi connectivity index (χ3v) is 3.11. The fourth-order valence-electron chi connectivity index (χ4n) is 1.95. The molecule has 18 heavy (non-hydrogen) atoms. The van der Waals surface area contributed by atoms with Gasteiger partial charge in [-0.1, -0.05) is 45.0 Å². The van der Waals surface area contributed by atoms with Gasteiger partial charge in [-0.2, -0.15) is 0 Å². The molecule has 1 heterocycles. The van der Waals surface area contributed by atoms with E-state index in [1.165, 1.54) is 5.56 Å². The molecular formula is C14H20N4. The summed E-state index contributed by atoms with van der Waals surface area (Å²) in [6.45, 7) is 8.65. The Morgan fingerprint density at radius 3 is 2.28 bits per heavy atom. The molecule has 1 aromatic carbocycles. The molecule has 0 aliphatic carbocycles. The van der Waals surface area contributed by atoms with Crippen LogP contribution in [-0.2, 0) is 11.8 Å². The van der Waals surface area contributed by atoms with E-state index in [1.807, 2.05) is 4.68 Å². The average molecular weight is 244 g/mol. The summed E-state index contributed by atoms with van der Waals surface area (Å²) < 4.78 is 1.81. The van der Waals surface area contributed by atoms with Gasteiger partial charge in [0.1, 0.15) is 0 Å². The van der Waals surface area contributed by atoms with Crippen LogP contribution in [0.5, 0.6) is 0 Å². The summed E-state index contributed by atoms with van der Waals surface area (Å²) in [5.74, 6) is 0.511. The van der Waals surface area contributed by atoms with E-state index in [4.69, 9.17) is 5.73 Å². The molecule has 96 valence electrons. The first kappa shape index (κ1) is 12.6. The van der Waals surface area contributed by atoms with E-state index in [0.717, 1.165) is 17.8 Å². The van der Waals surface area contributed by atoms with Crippen molar-refractivity contribution in [3.8, 4) is 5.69 Å². The number of nitrogens with zero attached hydrogens (tertiary/aromatic N) is 3. The molecular weight excluding hydrogens is 224 g/mol. The van der Waals surface area contributed by atoms with Gasteiger partial charge in [0, 0.05) is 0 Å². The molecule has 1 aromatic heterocycles. The summed E-state index contributed by atoms with van der Waals surface area (Å²) in [4.78, 5) is 0. The highest BCUT2D eigenvalue weighted by Crippen LogP contribution is 2.23. The highest BCUT2D eigenvalue weighted by Gasteiger charge is 2.14. The number of hydrogen-bond donors (Lipinski definition) is 1. The average Bonchev–Trinajstić information content (AvgIpc) is 2.69. The molecule has 0 unspecified atom stereocenters. The van der Waals surface area contributed by atoms with Crippen molar-refractivity contribution in [2.45, 2.75) is 39.5 Å². The zero-order valence-electron chi connectivity index (χ0n) is 11.4. The third-order valence-electron chi connectivity index (χ3n) is 3.11. The Hall–Kier alpha value is -1.84. The van der Waals surface area contributed by atoms with E-state index in [9.17, 15) is 0 Å². The molecule has 4 nitrogen and oxygen atoms in total. The molecule has 0 bridgehead atoms. The van der Waals surface area contributed by atoms with Crippen molar-refractivity contribution in [1.29, 1.82) is 0 Å². The first-order valence-electron chi connectivity index (χ1n) is 6.24. The topological polar surface area (TPSA) is 56.7 Å². The summed E-state index contributed by atoms with van der Waals surface area (Å²) in [7, 11) is 0. The maximum Gasteiger partial charge on any atom is 0.169 e. The lowest BCUT2D eigenvalue weighted by Gasteiger charge is -2.19. The maximum absolute atomic E-state index is 5.79. The SMILES string of the molecule is CCc1c(N)nnn1-c1ccc(C(C)(C)C)cc1. The van der Waals surface area contributed by atoms with Crippen LogP contribution in [0, 0.1) is 0 Å². The van der Waals surface area contributed by atoms with E-state index in [2.05, 4.69) is 62.3 Å². The number of anilines is 1. The second-order valence-electron chi connectivity index (χ2n) is 5.48. The number of nitrogens with two attached hydrogens (primary N) is 1. The number of nitrogen functional groups attached to an aromatic ring is 1. The second kappa shape index (κ2) is 4.44. The van der Waals surface area contributed by atoms with Gasteiger partial charge in [-0.3, -0.25) is 0 Å². The van der Waals surface area contributed by atoms with E-state index in [1.54, 1.807) is 0 Å². The molecule has 0 amide bonds. The van der Waals surface area contributed by atoms with Crippen LogP contribution in [0.4, 0.5) is 5.82 Å². The molecule has 0 saturated heterocycles. The Balaban J connectivity index is 2.40. The first-order valence-corrected chi connectivity index (χ1v) is 6.24. The summed E-state index contributed by atoms with van der Waals surface area (Å²) in [5.41, 5.74) is 9.22. The summed E-state index contributed by atoms with van der Waals surface area (Å²) in [6.07, 6.45) is 0.819. The lowest BCUT2D eigenvalue weighted by atomic mass is 9.87. The molecule has 2 aromatic rings. The smallest absolute Gasteiger partial charge is 0.169 e. The molecule has 0 spiro atoms. The zero-order chi connectivity index (χ0) is 13.3. The minimum absolute atomic E-state index is 0.160. The van der Waals surface area contributed by atoms with Gasteiger partial charge < -0.3 is 5.73 Å². The minimum Gasteiger partial charge on any atom is -0.381 e. The Bertz CT molecular complexity index is 532. The molecule has 0 atom stereocenters. The standard InChI is InChI=1S/C14H20N4/c1-5-12-13(15)16-17-18(12)11-8-6-10(7-9-11)14(2,3)4/h6-9H,5,15H2,1-4H3. The Morgan fingerprint density at radius 2 is 1.78 bits per heavy atom. The van der Waals surface area contributed by atoms with E-state index in [0.29, 0.717) is 5.82 Å². The number of benzene rings is 1. The normalized spacial score (nSPS) is 11.8. The van der Waals surface area contributed by atoms with Crippen LogP contribution in [0.25, 0.3) is 5.69 Å². The van der Waals surface area contributed by atoms with Crippen LogP contribution in [-0.4, -0.2) is 15.0 Å². The van der Waals surface area contributed by atoms with Crippen LogP contribution in [0.3, 0.4) is 0 Å². The molecule has 2 N–H and O–H groups in total. The third kappa shape index (κ3) is 2.23. The zero-order valence-corrected chi connectivity index (χ0v) is 11.4. The number of hydrogen-bond acceptors (Lipinski definition) is 3. The Morgan fingerprint density at radius 1 is 1.17 bits per heavy atom. The fourth-order valence-corrected chi connectivity index (χ4v) is 1.95. The van der Waals surface area contributed by atoms with Crippen molar-refractivity contribution in [3.63, 3.8) is 0 Å². The van der Waals surface area contributed by atoms with Crippen LogP contribution < -0.4 is 5.73 Å². The van der Waals surface area contributed by atoms with Crippen LogP contribution in [0.1, 0.15) is 39.0 Å². The Labute approximate surface area is 108 Å². The molecule has 0 aliphatic rings. The van der Waals surface area contributed by atoms with Crippen molar-refractivity contribution in [3.05, 3.63) is 35.5 Å². The van der Waals surface area contributed by atoms with Gasteiger partial charge in [0.2, 0.25) is 0 Å². The van der Waals surface area contributed by atoms with Gasteiger partial charge in [-0.25, -0.2) is 4.68 Å². The number of aromatic nitrogens is 3. The summed E-state index contributed by atoms with van der Waals surface area (Å²) in [6, 6.07) is 8.39. The van der Waals surface area contributed by atoms with Crippen LogP contribution >= 0.6 is 0 Å². The lowest BCUT2D eigenvalue weighted by Crippen LogP contribution is -2.11. The maximum atomic E-state index is 5.79. The molecule has 0 fully saturated rings.